The van der Waals surface area contributed by atoms with Gasteiger partial charge in [-0.25, -0.2) is 12.7 Å². The highest BCUT2D eigenvalue weighted by Crippen LogP contribution is 2.20. The van der Waals surface area contributed by atoms with Gasteiger partial charge in [-0.15, -0.1) is 0 Å². The normalized spacial score (nSPS) is 17.6. The lowest BCUT2D eigenvalue weighted by Gasteiger charge is -2.30. The first-order chi connectivity index (χ1) is 10.0. The maximum atomic E-state index is 12.3. The van der Waals surface area contributed by atoms with E-state index in [1.807, 2.05) is 30.3 Å². The van der Waals surface area contributed by atoms with Gasteiger partial charge in [-0.1, -0.05) is 30.3 Å². The SMILES string of the molecule is CNC(=O)C1CCN(S(=O)(=O)CCc2ccccc2)CC1. The van der Waals surface area contributed by atoms with Crippen LogP contribution in [0, 0.1) is 5.92 Å². The smallest absolute Gasteiger partial charge is 0.222 e. The average Bonchev–Trinajstić information content (AvgIpc) is 2.53. The van der Waals surface area contributed by atoms with Crippen LogP contribution < -0.4 is 5.32 Å². The van der Waals surface area contributed by atoms with Crippen LogP contribution in [0.4, 0.5) is 0 Å². The molecule has 1 heterocycles. The van der Waals surface area contributed by atoms with Crippen molar-refractivity contribution in [2.24, 2.45) is 5.92 Å². The van der Waals surface area contributed by atoms with E-state index in [1.165, 1.54) is 4.31 Å². The topological polar surface area (TPSA) is 66.5 Å². The van der Waals surface area contributed by atoms with E-state index in [4.69, 9.17) is 0 Å². The Kier molecular flexibility index (Phi) is 5.36. The standard InChI is InChI=1S/C15H22N2O3S/c1-16-15(18)14-7-10-17(11-8-14)21(19,20)12-9-13-5-3-2-4-6-13/h2-6,14H,7-12H2,1H3,(H,16,18). The number of rotatable bonds is 5. The Balaban J connectivity index is 1.88. The van der Waals surface area contributed by atoms with Crippen LogP contribution in [0.3, 0.4) is 0 Å². The number of hydrogen-bond donors (Lipinski definition) is 1. The molecule has 0 bridgehead atoms. The van der Waals surface area contributed by atoms with Gasteiger partial charge < -0.3 is 5.32 Å². The molecule has 2 rings (SSSR count). The van der Waals surface area contributed by atoms with Gasteiger partial charge in [-0.2, -0.15) is 0 Å². The van der Waals surface area contributed by atoms with Gasteiger partial charge in [0.05, 0.1) is 5.75 Å². The van der Waals surface area contributed by atoms with Crippen molar-refractivity contribution in [1.29, 1.82) is 0 Å². The number of nitrogens with zero attached hydrogens (tertiary/aromatic N) is 1. The van der Waals surface area contributed by atoms with E-state index < -0.39 is 10.0 Å². The fourth-order valence-electron chi connectivity index (χ4n) is 2.62. The number of carbonyl (C=O) groups is 1. The van der Waals surface area contributed by atoms with E-state index in [2.05, 4.69) is 5.32 Å². The van der Waals surface area contributed by atoms with Crippen LogP contribution in [0.5, 0.6) is 0 Å². The van der Waals surface area contributed by atoms with Crippen molar-refractivity contribution in [3.05, 3.63) is 35.9 Å². The summed E-state index contributed by atoms with van der Waals surface area (Å²) >= 11 is 0. The molecule has 0 aliphatic carbocycles. The number of carbonyl (C=O) groups excluding carboxylic acids is 1. The second kappa shape index (κ2) is 7.04. The van der Waals surface area contributed by atoms with Crippen molar-refractivity contribution in [3.63, 3.8) is 0 Å². The highest BCUT2D eigenvalue weighted by molar-refractivity contribution is 7.89. The van der Waals surface area contributed by atoms with Crippen molar-refractivity contribution in [2.45, 2.75) is 19.3 Å². The molecular weight excluding hydrogens is 288 g/mol. The Morgan fingerprint density at radius 1 is 1.24 bits per heavy atom. The predicted molar refractivity (Wildman–Crippen MR) is 82.3 cm³/mol. The van der Waals surface area contributed by atoms with Crippen LogP contribution in [-0.2, 0) is 21.2 Å². The van der Waals surface area contributed by atoms with E-state index in [-0.39, 0.29) is 17.6 Å². The molecule has 1 fully saturated rings. The van der Waals surface area contributed by atoms with Crippen molar-refractivity contribution in [3.8, 4) is 0 Å². The molecule has 5 nitrogen and oxygen atoms in total. The summed E-state index contributed by atoms with van der Waals surface area (Å²) in [5.74, 6) is 0.0775. The third kappa shape index (κ3) is 4.28. The van der Waals surface area contributed by atoms with Crippen LogP contribution in [-0.4, -0.2) is 44.5 Å². The number of piperidine rings is 1. The molecule has 1 aliphatic rings. The second-order valence-electron chi connectivity index (χ2n) is 5.34. The van der Waals surface area contributed by atoms with Crippen LogP contribution in [0.2, 0.25) is 0 Å². The molecule has 116 valence electrons. The van der Waals surface area contributed by atoms with Gasteiger partial charge in [0.15, 0.2) is 0 Å². The van der Waals surface area contributed by atoms with Crippen LogP contribution >= 0.6 is 0 Å². The summed E-state index contributed by atoms with van der Waals surface area (Å²) in [6.07, 6.45) is 1.73. The van der Waals surface area contributed by atoms with Gasteiger partial charge in [0, 0.05) is 26.1 Å². The molecule has 1 aromatic rings. The van der Waals surface area contributed by atoms with Crippen molar-refractivity contribution < 1.29 is 13.2 Å². The Labute approximate surface area is 126 Å². The number of aryl methyl sites for hydroxylation is 1. The molecule has 21 heavy (non-hydrogen) atoms. The maximum absolute atomic E-state index is 12.3. The molecular formula is C15H22N2O3S. The lowest BCUT2D eigenvalue weighted by Crippen LogP contribution is -2.43. The maximum Gasteiger partial charge on any atom is 0.222 e. The number of hydrogen-bond acceptors (Lipinski definition) is 3. The average molecular weight is 310 g/mol. The summed E-state index contributed by atoms with van der Waals surface area (Å²) < 4.78 is 26.2. The van der Waals surface area contributed by atoms with Gasteiger partial charge >= 0.3 is 0 Å². The largest absolute Gasteiger partial charge is 0.359 e. The summed E-state index contributed by atoms with van der Waals surface area (Å²) in [4.78, 5) is 11.6. The van der Waals surface area contributed by atoms with Gasteiger partial charge in [0.1, 0.15) is 0 Å². The first-order valence-electron chi connectivity index (χ1n) is 7.26. The third-order valence-corrected chi connectivity index (χ3v) is 5.83. The quantitative estimate of drug-likeness (QED) is 0.883. The molecule has 1 aromatic carbocycles. The number of amides is 1. The van der Waals surface area contributed by atoms with Gasteiger partial charge in [-0.05, 0) is 24.8 Å². The summed E-state index contributed by atoms with van der Waals surface area (Å²) in [6, 6.07) is 9.62. The Morgan fingerprint density at radius 3 is 2.43 bits per heavy atom. The zero-order valence-corrected chi connectivity index (χ0v) is 13.1. The monoisotopic (exact) mass is 310 g/mol. The zero-order chi connectivity index (χ0) is 15.3. The summed E-state index contributed by atoms with van der Waals surface area (Å²) in [7, 11) is -1.62. The first kappa shape index (κ1) is 16.0. The Hall–Kier alpha value is -1.40. The molecule has 0 radical (unpaired) electrons. The molecule has 0 unspecified atom stereocenters. The molecule has 0 atom stereocenters. The molecule has 0 spiro atoms. The lowest BCUT2D eigenvalue weighted by molar-refractivity contribution is -0.125. The molecule has 1 amide bonds. The molecule has 1 aliphatic heterocycles. The summed E-state index contributed by atoms with van der Waals surface area (Å²) in [5.41, 5.74) is 1.03. The van der Waals surface area contributed by atoms with E-state index in [1.54, 1.807) is 7.05 Å². The van der Waals surface area contributed by atoms with E-state index in [0.717, 1.165) is 5.56 Å². The van der Waals surface area contributed by atoms with E-state index in [9.17, 15) is 13.2 Å². The highest BCUT2D eigenvalue weighted by Gasteiger charge is 2.30. The molecule has 0 saturated carbocycles. The number of nitrogens with one attached hydrogen (secondary N) is 1. The molecule has 1 saturated heterocycles. The first-order valence-corrected chi connectivity index (χ1v) is 8.87. The Morgan fingerprint density at radius 2 is 1.86 bits per heavy atom. The summed E-state index contributed by atoms with van der Waals surface area (Å²) in [5, 5.41) is 2.63. The fraction of sp³-hybridized carbons (Fsp3) is 0.533. The van der Waals surface area contributed by atoms with Crippen molar-refractivity contribution in [2.75, 3.05) is 25.9 Å². The van der Waals surface area contributed by atoms with Gasteiger partial charge in [-0.3, -0.25) is 4.79 Å². The van der Waals surface area contributed by atoms with E-state index in [0.29, 0.717) is 32.4 Å². The van der Waals surface area contributed by atoms with Crippen molar-refractivity contribution >= 4 is 15.9 Å². The predicted octanol–water partition coefficient (Wildman–Crippen LogP) is 1.02. The van der Waals surface area contributed by atoms with E-state index >= 15 is 0 Å². The minimum Gasteiger partial charge on any atom is -0.359 e. The van der Waals surface area contributed by atoms with Crippen LogP contribution in [0.25, 0.3) is 0 Å². The van der Waals surface area contributed by atoms with Gasteiger partial charge in [0.25, 0.3) is 0 Å². The molecule has 6 heteroatoms. The van der Waals surface area contributed by atoms with Crippen LogP contribution in [0.15, 0.2) is 30.3 Å². The fourth-order valence-corrected chi connectivity index (χ4v) is 4.14. The lowest BCUT2D eigenvalue weighted by atomic mass is 9.97. The summed E-state index contributed by atoms with van der Waals surface area (Å²) in [6.45, 7) is 0.879. The molecule has 0 aromatic heterocycles. The minimum atomic E-state index is -3.24. The molecule has 1 N–H and O–H groups in total. The van der Waals surface area contributed by atoms with Gasteiger partial charge in [0.2, 0.25) is 15.9 Å². The number of sulfonamides is 1. The second-order valence-corrected chi connectivity index (χ2v) is 7.43. The third-order valence-electron chi connectivity index (χ3n) is 3.96. The van der Waals surface area contributed by atoms with Crippen molar-refractivity contribution in [1.82, 2.24) is 9.62 Å². The zero-order valence-electron chi connectivity index (χ0n) is 12.3. The Bertz CT molecular complexity index is 564. The highest BCUT2D eigenvalue weighted by atomic mass is 32.2. The van der Waals surface area contributed by atoms with Crippen LogP contribution in [0.1, 0.15) is 18.4 Å². The number of benzene rings is 1. The minimum absolute atomic E-state index is 0.0105.